The molecule has 0 radical (unpaired) electrons. The predicted octanol–water partition coefficient (Wildman–Crippen LogP) is 1.75. The SMILES string of the molecule is CC1CCCC(C)N1NCC1CCNCC1. The molecule has 0 aromatic rings. The Kier molecular flexibility index (Phi) is 4.62. The molecular formula is C13H27N3. The van der Waals surface area contributed by atoms with Gasteiger partial charge in [0.25, 0.3) is 0 Å². The van der Waals surface area contributed by atoms with E-state index in [1.165, 1.54) is 51.7 Å². The van der Waals surface area contributed by atoms with Crippen molar-refractivity contribution in [2.45, 2.75) is 58.0 Å². The molecule has 3 heteroatoms. The van der Waals surface area contributed by atoms with E-state index in [1.807, 2.05) is 0 Å². The summed E-state index contributed by atoms with van der Waals surface area (Å²) in [6, 6.07) is 1.43. The van der Waals surface area contributed by atoms with Crippen molar-refractivity contribution in [3.05, 3.63) is 0 Å². The smallest absolute Gasteiger partial charge is 0.0218 e. The average molecular weight is 225 g/mol. The van der Waals surface area contributed by atoms with Gasteiger partial charge in [0.1, 0.15) is 0 Å². The van der Waals surface area contributed by atoms with Gasteiger partial charge in [-0.1, -0.05) is 6.42 Å². The van der Waals surface area contributed by atoms with Crippen LogP contribution in [0.25, 0.3) is 0 Å². The zero-order valence-corrected chi connectivity index (χ0v) is 10.8. The molecule has 2 aliphatic heterocycles. The molecule has 0 saturated carbocycles. The lowest BCUT2D eigenvalue weighted by molar-refractivity contribution is 0.0385. The maximum absolute atomic E-state index is 3.70. The molecule has 2 heterocycles. The standard InChI is InChI=1S/C13H27N3/c1-11-4-3-5-12(2)16(11)15-10-13-6-8-14-9-7-13/h11-15H,3-10H2,1-2H3. The van der Waals surface area contributed by atoms with Crippen LogP contribution in [0, 0.1) is 5.92 Å². The molecular weight excluding hydrogens is 198 g/mol. The molecule has 2 N–H and O–H groups in total. The molecule has 0 amide bonds. The van der Waals surface area contributed by atoms with Crippen LogP contribution in [-0.2, 0) is 0 Å². The molecule has 2 aliphatic rings. The van der Waals surface area contributed by atoms with Gasteiger partial charge in [-0.15, -0.1) is 0 Å². The van der Waals surface area contributed by atoms with Crippen LogP contribution < -0.4 is 10.7 Å². The molecule has 94 valence electrons. The molecule has 3 nitrogen and oxygen atoms in total. The summed E-state index contributed by atoms with van der Waals surface area (Å²) in [5, 5.41) is 5.93. The fraction of sp³-hybridized carbons (Fsp3) is 1.00. The lowest BCUT2D eigenvalue weighted by atomic mass is 9.97. The van der Waals surface area contributed by atoms with Crippen molar-refractivity contribution in [3.63, 3.8) is 0 Å². The normalized spacial score (nSPS) is 34.1. The van der Waals surface area contributed by atoms with E-state index in [-0.39, 0.29) is 0 Å². The van der Waals surface area contributed by atoms with E-state index in [0.29, 0.717) is 12.1 Å². The molecule has 0 aromatic carbocycles. The topological polar surface area (TPSA) is 27.3 Å². The van der Waals surface area contributed by atoms with E-state index in [1.54, 1.807) is 0 Å². The second-order valence-corrected chi connectivity index (χ2v) is 5.59. The Bertz CT molecular complexity index is 191. The van der Waals surface area contributed by atoms with Crippen molar-refractivity contribution in [2.75, 3.05) is 19.6 Å². The first-order valence-corrected chi connectivity index (χ1v) is 7.00. The molecule has 0 spiro atoms. The van der Waals surface area contributed by atoms with Crippen molar-refractivity contribution in [3.8, 4) is 0 Å². The Hall–Kier alpha value is -0.120. The molecule has 0 bridgehead atoms. The quantitative estimate of drug-likeness (QED) is 0.766. The zero-order chi connectivity index (χ0) is 11.4. The first-order valence-electron chi connectivity index (χ1n) is 7.00. The average Bonchev–Trinajstić information content (AvgIpc) is 2.30. The minimum Gasteiger partial charge on any atom is -0.317 e. The third-order valence-corrected chi connectivity index (χ3v) is 4.21. The van der Waals surface area contributed by atoms with E-state index >= 15 is 0 Å². The second-order valence-electron chi connectivity index (χ2n) is 5.59. The van der Waals surface area contributed by atoms with Gasteiger partial charge in [-0.25, -0.2) is 5.01 Å². The summed E-state index contributed by atoms with van der Waals surface area (Å²) in [4.78, 5) is 0. The minimum atomic E-state index is 0.713. The molecule has 0 aromatic heterocycles. The highest BCUT2D eigenvalue weighted by atomic mass is 15.5. The number of rotatable bonds is 3. The fourth-order valence-corrected chi connectivity index (χ4v) is 3.05. The number of hydrogen-bond donors (Lipinski definition) is 2. The van der Waals surface area contributed by atoms with Gasteiger partial charge in [0, 0.05) is 18.6 Å². The van der Waals surface area contributed by atoms with E-state index < -0.39 is 0 Å². The molecule has 2 saturated heterocycles. The summed E-state index contributed by atoms with van der Waals surface area (Å²) >= 11 is 0. The second kappa shape index (κ2) is 5.99. The Morgan fingerprint density at radius 2 is 1.69 bits per heavy atom. The van der Waals surface area contributed by atoms with Gasteiger partial charge in [-0.3, -0.25) is 5.43 Å². The van der Waals surface area contributed by atoms with Crippen molar-refractivity contribution in [2.24, 2.45) is 5.92 Å². The van der Waals surface area contributed by atoms with E-state index in [9.17, 15) is 0 Å². The van der Waals surface area contributed by atoms with Crippen LogP contribution in [-0.4, -0.2) is 36.7 Å². The molecule has 16 heavy (non-hydrogen) atoms. The third kappa shape index (κ3) is 3.19. The lowest BCUT2D eigenvalue weighted by Gasteiger charge is -2.40. The van der Waals surface area contributed by atoms with Gasteiger partial charge >= 0.3 is 0 Å². The van der Waals surface area contributed by atoms with Gasteiger partial charge in [0.05, 0.1) is 0 Å². The summed E-state index contributed by atoms with van der Waals surface area (Å²) < 4.78 is 0. The zero-order valence-electron chi connectivity index (χ0n) is 10.8. The van der Waals surface area contributed by atoms with Crippen LogP contribution in [0.5, 0.6) is 0 Å². The van der Waals surface area contributed by atoms with Crippen molar-refractivity contribution in [1.82, 2.24) is 15.8 Å². The Morgan fingerprint density at radius 1 is 1.06 bits per heavy atom. The first-order chi connectivity index (χ1) is 7.77. The lowest BCUT2D eigenvalue weighted by Crippen LogP contribution is -2.53. The van der Waals surface area contributed by atoms with E-state index in [4.69, 9.17) is 0 Å². The molecule has 2 fully saturated rings. The van der Waals surface area contributed by atoms with E-state index in [0.717, 1.165) is 5.92 Å². The van der Waals surface area contributed by atoms with Gasteiger partial charge in [-0.2, -0.15) is 0 Å². The van der Waals surface area contributed by atoms with Crippen molar-refractivity contribution in [1.29, 1.82) is 0 Å². The number of nitrogens with zero attached hydrogens (tertiary/aromatic N) is 1. The first kappa shape index (κ1) is 12.3. The maximum atomic E-state index is 3.70. The molecule has 2 unspecified atom stereocenters. The van der Waals surface area contributed by atoms with Crippen molar-refractivity contribution < 1.29 is 0 Å². The summed E-state index contributed by atoms with van der Waals surface area (Å²) in [6.45, 7) is 8.29. The van der Waals surface area contributed by atoms with E-state index in [2.05, 4.69) is 29.6 Å². The summed E-state index contributed by atoms with van der Waals surface area (Å²) in [7, 11) is 0. The highest BCUT2D eigenvalue weighted by Crippen LogP contribution is 2.20. The van der Waals surface area contributed by atoms with Gasteiger partial charge in [-0.05, 0) is 58.5 Å². The number of nitrogens with one attached hydrogen (secondary N) is 2. The van der Waals surface area contributed by atoms with Crippen LogP contribution in [0.15, 0.2) is 0 Å². The Balaban J connectivity index is 1.74. The fourth-order valence-electron chi connectivity index (χ4n) is 3.05. The number of hydrogen-bond acceptors (Lipinski definition) is 3. The van der Waals surface area contributed by atoms with Gasteiger partial charge in [0.15, 0.2) is 0 Å². The summed E-state index contributed by atoms with van der Waals surface area (Å²) in [5.41, 5.74) is 3.70. The van der Waals surface area contributed by atoms with Crippen molar-refractivity contribution >= 4 is 0 Å². The monoisotopic (exact) mass is 225 g/mol. The molecule has 2 atom stereocenters. The predicted molar refractivity (Wildman–Crippen MR) is 68.2 cm³/mol. The third-order valence-electron chi connectivity index (χ3n) is 4.21. The van der Waals surface area contributed by atoms with Gasteiger partial charge in [0.2, 0.25) is 0 Å². The maximum Gasteiger partial charge on any atom is 0.0218 e. The Labute approximate surface area is 99.9 Å². The van der Waals surface area contributed by atoms with Crippen LogP contribution in [0.3, 0.4) is 0 Å². The highest BCUT2D eigenvalue weighted by molar-refractivity contribution is 4.78. The summed E-state index contributed by atoms with van der Waals surface area (Å²) in [6.07, 6.45) is 6.77. The minimum absolute atomic E-state index is 0.713. The molecule has 0 aliphatic carbocycles. The molecule has 2 rings (SSSR count). The van der Waals surface area contributed by atoms with Crippen LogP contribution >= 0.6 is 0 Å². The summed E-state index contributed by atoms with van der Waals surface area (Å²) in [5.74, 6) is 0.877. The highest BCUT2D eigenvalue weighted by Gasteiger charge is 2.25. The largest absolute Gasteiger partial charge is 0.317 e. The number of piperidine rings is 2. The Morgan fingerprint density at radius 3 is 2.31 bits per heavy atom. The van der Waals surface area contributed by atoms with Crippen LogP contribution in [0.4, 0.5) is 0 Å². The number of hydrazine groups is 1. The van der Waals surface area contributed by atoms with Gasteiger partial charge < -0.3 is 5.32 Å². The van der Waals surface area contributed by atoms with Crippen LogP contribution in [0.2, 0.25) is 0 Å². The van der Waals surface area contributed by atoms with Crippen LogP contribution in [0.1, 0.15) is 46.0 Å².